The van der Waals surface area contributed by atoms with E-state index < -0.39 is 5.97 Å². The second-order valence-electron chi connectivity index (χ2n) is 7.56. The summed E-state index contributed by atoms with van der Waals surface area (Å²) in [4.78, 5) is 39.1. The van der Waals surface area contributed by atoms with Crippen LogP contribution in [0.2, 0.25) is 5.02 Å². The number of hydrogen-bond donors (Lipinski definition) is 0. The van der Waals surface area contributed by atoms with Gasteiger partial charge in [-0.25, -0.2) is 4.79 Å². The largest absolute Gasteiger partial charge is 0.497 e. The number of hydrogen-bond acceptors (Lipinski definition) is 6. The first-order valence-electron chi connectivity index (χ1n) is 10.3. The Balaban J connectivity index is 1.46. The summed E-state index contributed by atoms with van der Waals surface area (Å²) in [6.45, 7) is 2.19. The van der Waals surface area contributed by atoms with Crippen LogP contribution in [-0.2, 0) is 11.3 Å². The lowest BCUT2D eigenvalue weighted by atomic mass is 10.1. The Kier molecular flexibility index (Phi) is 7.05. The number of esters is 1. The highest BCUT2D eigenvalue weighted by molar-refractivity contribution is 8.18. The number of rotatable bonds is 6. The zero-order valence-electron chi connectivity index (χ0n) is 18.4. The van der Waals surface area contributed by atoms with Gasteiger partial charge in [-0.05, 0) is 72.3 Å². The van der Waals surface area contributed by atoms with Gasteiger partial charge in [0.25, 0.3) is 11.1 Å². The quantitative estimate of drug-likeness (QED) is 0.234. The Labute approximate surface area is 206 Å². The number of thioether (sulfide) groups is 1. The maximum absolute atomic E-state index is 12.8. The van der Waals surface area contributed by atoms with Crippen LogP contribution >= 0.6 is 23.4 Å². The van der Waals surface area contributed by atoms with Gasteiger partial charge in [0.15, 0.2) is 0 Å². The van der Waals surface area contributed by atoms with Crippen LogP contribution in [0, 0.1) is 6.92 Å². The third kappa shape index (κ3) is 5.32. The second kappa shape index (κ2) is 10.2. The highest BCUT2D eigenvalue weighted by Crippen LogP contribution is 2.35. The second-order valence-corrected chi connectivity index (χ2v) is 8.96. The van der Waals surface area contributed by atoms with Crippen LogP contribution in [-0.4, -0.2) is 29.1 Å². The molecule has 0 saturated carbocycles. The molecule has 0 N–H and O–H groups in total. The van der Waals surface area contributed by atoms with Gasteiger partial charge in [0.2, 0.25) is 0 Å². The lowest BCUT2D eigenvalue weighted by Crippen LogP contribution is -2.27. The number of carbonyl (C=O) groups is 3. The highest BCUT2D eigenvalue weighted by atomic mass is 35.5. The summed E-state index contributed by atoms with van der Waals surface area (Å²) in [7, 11) is 1.54. The minimum Gasteiger partial charge on any atom is -0.497 e. The third-order valence-electron chi connectivity index (χ3n) is 5.12. The van der Waals surface area contributed by atoms with Gasteiger partial charge in [0, 0.05) is 0 Å². The first-order valence-corrected chi connectivity index (χ1v) is 11.5. The van der Waals surface area contributed by atoms with Crippen molar-refractivity contribution in [3.63, 3.8) is 0 Å². The third-order valence-corrected chi connectivity index (χ3v) is 6.32. The number of aryl methyl sites for hydroxylation is 1. The normalized spacial score (nSPS) is 14.6. The average molecular weight is 494 g/mol. The minimum absolute atomic E-state index is 0.187. The molecule has 2 amide bonds. The van der Waals surface area contributed by atoms with Crippen LogP contribution in [0.15, 0.2) is 71.6 Å². The molecule has 6 nitrogen and oxygen atoms in total. The average Bonchev–Trinajstić information content (AvgIpc) is 3.09. The van der Waals surface area contributed by atoms with Crippen LogP contribution < -0.4 is 9.47 Å². The maximum Gasteiger partial charge on any atom is 0.343 e. The van der Waals surface area contributed by atoms with Crippen LogP contribution in [0.3, 0.4) is 0 Å². The first kappa shape index (κ1) is 23.6. The highest BCUT2D eigenvalue weighted by Gasteiger charge is 2.35. The fraction of sp³-hybridized carbons (Fsp3) is 0.115. The van der Waals surface area contributed by atoms with Gasteiger partial charge >= 0.3 is 5.97 Å². The molecular formula is C26H20ClNO5S. The Hall–Kier alpha value is -3.55. The molecular weight excluding hydrogens is 474 g/mol. The van der Waals surface area contributed by atoms with Crippen molar-refractivity contribution in [2.45, 2.75) is 13.5 Å². The molecule has 0 aliphatic carbocycles. The first-order chi connectivity index (χ1) is 16.3. The molecule has 3 aromatic carbocycles. The van der Waals surface area contributed by atoms with Gasteiger partial charge in [-0.3, -0.25) is 14.5 Å². The predicted molar refractivity (Wildman–Crippen MR) is 132 cm³/mol. The van der Waals surface area contributed by atoms with Gasteiger partial charge in [-0.2, -0.15) is 0 Å². The van der Waals surface area contributed by atoms with E-state index in [1.54, 1.807) is 55.7 Å². The van der Waals surface area contributed by atoms with Crippen molar-refractivity contribution in [1.82, 2.24) is 4.90 Å². The van der Waals surface area contributed by atoms with Crippen molar-refractivity contribution in [3.8, 4) is 11.5 Å². The van der Waals surface area contributed by atoms with E-state index in [4.69, 9.17) is 21.1 Å². The topological polar surface area (TPSA) is 72.9 Å². The summed E-state index contributed by atoms with van der Waals surface area (Å²) in [5.74, 6) is -0.106. The number of imide groups is 1. The van der Waals surface area contributed by atoms with Crippen molar-refractivity contribution in [3.05, 3.63) is 98.9 Å². The predicted octanol–water partition coefficient (Wildman–Crippen LogP) is 6.11. The number of nitrogens with zero attached hydrogens (tertiary/aromatic N) is 1. The van der Waals surface area contributed by atoms with Crippen molar-refractivity contribution in [1.29, 1.82) is 0 Å². The molecule has 1 aliphatic rings. The fourth-order valence-electron chi connectivity index (χ4n) is 3.24. The van der Waals surface area contributed by atoms with Gasteiger partial charge in [0.1, 0.15) is 11.5 Å². The van der Waals surface area contributed by atoms with Crippen LogP contribution in [0.5, 0.6) is 11.5 Å². The van der Waals surface area contributed by atoms with Crippen LogP contribution in [0.1, 0.15) is 27.0 Å². The monoisotopic (exact) mass is 493 g/mol. The van der Waals surface area contributed by atoms with E-state index in [0.29, 0.717) is 21.8 Å². The Bertz CT molecular complexity index is 1290. The van der Waals surface area contributed by atoms with E-state index in [1.165, 1.54) is 4.90 Å². The molecule has 1 fully saturated rings. The molecule has 0 radical (unpaired) electrons. The molecule has 1 aliphatic heterocycles. The van der Waals surface area contributed by atoms with Gasteiger partial charge < -0.3 is 9.47 Å². The number of carbonyl (C=O) groups excluding carboxylic acids is 3. The van der Waals surface area contributed by atoms with E-state index in [9.17, 15) is 14.4 Å². The SMILES string of the molecule is COc1ccc(C(=O)Oc2ccc(/C=C3\SC(=O)N(Cc4ccc(C)cc4)C3=O)cc2Cl)cc1. The summed E-state index contributed by atoms with van der Waals surface area (Å²) in [5.41, 5.74) is 2.94. The Morgan fingerprint density at radius 2 is 1.74 bits per heavy atom. The van der Waals surface area contributed by atoms with Crippen molar-refractivity contribution < 1.29 is 23.9 Å². The lowest BCUT2D eigenvalue weighted by Gasteiger charge is -2.12. The van der Waals surface area contributed by atoms with Crippen molar-refractivity contribution in [2.24, 2.45) is 0 Å². The van der Waals surface area contributed by atoms with Gasteiger partial charge in [0.05, 0.1) is 29.1 Å². The number of methoxy groups -OCH3 is 1. The summed E-state index contributed by atoms with van der Waals surface area (Å²) in [5, 5.41) is -0.123. The molecule has 172 valence electrons. The molecule has 0 spiro atoms. The molecule has 1 heterocycles. The van der Waals surface area contributed by atoms with E-state index >= 15 is 0 Å². The summed E-state index contributed by atoms with van der Waals surface area (Å²) < 4.78 is 10.5. The van der Waals surface area contributed by atoms with Gasteiger partial charge in [-0.15, -0.1) is 0 Å². The Morgan fingerprint density at radius 3 is 2.38 bits per heavy atom. The molecule has 0 aromatic heterocycles. The van der Waals surface area contributed by atoms with Gasteiger partial charge in [-0.1, -0.05) is 47.5 Å². The molecule has 4 rings (SSSR count). The number of halogens is 1. The number of benzene rings is 3. The van der Waals surface area contributed by atoms with Crippen LogP contribution in [0.25, 0.3) is 6.08 Å². The molecule has 8 heteroatoms. The molecule has 0 bridgehead atoms. The Morgan fingerprint density at radius 1 is 1.03 bits per heavy atom. The van der Waals surface area contributed by atoms with Crippen molar-refractivity contribution >= 4 is 46.6 Å². The molecule has 0 atom stereocenters. The zero-order valence-corrected chi connectivity index (χ0v) is 20.0. The van der Waals surface area contributed by atoms with E-state index in [1.807, 2.05) is 31.2 Å². The van der Waals surface area contributed by atoms with E-state index in [0.717, 1.165) is 22.9 Å². The van der Waals surface area contributed by atoms with Crippen molar-refractivity contribution in [2.75, 3.05) is 7.11 Å². The van der Waals surface area contributed by atoms with E-state index in [-0.39, 0.29) is 28.5 Å². The standard InChI is InChI=1S/C26H20ClNO5S/c1-16-3-5-17(6-4-16)15-28-24(29)23(34-26(28)31)14-18-7-12-22(21(27)13-18)33-25(30)19-8-10-20(32-2)11-9-19/h3-14H,15H2,1-2H3/b23-14-. The smallest absolute Gasteiger partial charge is 0.343 e. The molecule has 3 aromatic rings. The summed E-state index contributed by atoms with van der Waals surface area (Å²) in [6, 6.07) is 19.0. The van der Waals surface area contributed by atoms with E-state index in [2.05, 4.69) is 0 Å². The zero-order chi connectivity index (χ0) is 24.2. The number of amides is 2. The number of ether oxygens (including phenoxy) is 2. The molecule has 0 unspecified atom stereocenters. The molecule has 34 heavy (non-hydrogen) atoms. The maximum atomic E-state index is 12.8. The fourth-order valence-corrected chi connectivity index (χ4v) is 4.31. The summed E-state index contributed by atoms with van der Waals surface area (Å²) in [6.07, 6.45) is 1.60. The van der Waals surface area contributed by atoms with Crippen LogP contribution in [0.4, 0.5) is 4.79 Å². The summed E-state index contributed by atoms with van der Waals surface area (Å²) >= 11 is 7.19. The molecule has 1 saturated heterocycles. The minimum atomic E-state index is -0.561. The lowest BCUT2D eigenvalue weighted by molar-refractivity contribution is -0.123.